The molecule has 2 aromatic rings. The van der Waals surface area contributed by atoms with Crippen LogP contribution < -0.4 is 4.90 Å². The molecule has 3 rings (SSSR count). The summed E-state index contributed by atoms with van der Waals surface area (Å²) in [5.74, 6) is -0.516. The summed E-state index contributed by atoms with van der Waals surface area (Å²) >= 11 is 0. The molecule has 0 radical (unpaired) electrons. The van der Waals surface area contributed by atoms with Crippen molar-refractivity contribution in [2.75, 3.05) is 11.4 Å². The number of carbonyl (C=O) groups excluding carboxylic acids is 1. The molecule has 1 aromatic carbocycles. The van der Waals surface area contributed by atoms with Gasteiger partial charge in [0.1, 0.15) is 10.8 Å². The lowest BCUT2D eigenvalue weighted by molar-refractivity contribution is -0.117. The van der Waals surface area contributed by atoms with Crippen molar-refractivity contribution in [2.24, 2.45) is 0 Å². The first-order chi connectivity index (χ1) is 8.95. The lowest BCUT2D eigenvalue weighted by atomic mass is 10.3. The second-order valence-electron chi connectivity index (χ2n) is 4.27. The Morgan fingerprint density at radius 1 is 1.37 bits per heavy atom. The van der Waals surface area contributed by atoms with Gasteiger partial charge in [0.05, 0.1) is 6.54 Å². The molecule has 0 aliphatic carbocycles. The fraction of sp³-hybridized carbons (Fsp3) is 0.273. The fourth-order valence-electron chi connectivity index (χ4n) is 2.02. The van der Waals surface area contributed by atoms with Crippen LogP contribution in [0.2, 0.25) is 0 Å². The second-order valence-corrected chi connectivity index (χ2v) is 5.89. The van der Waals surface area contributed by atoms with Crippen molar-refractivity contribution in [3.8, 4) is 0 Å². The smallest absolute Gasteiger partial charge is 0.307 e. The van der Waals surface area contributed by atoms with Crippen LogP contribution >= 0.6 is 0 Å². The van der Waals surface area contributed by atoms with Gasteiger partial charge in [0.2, 0.25) is 5.91 Å². The van der Waals surface area contributed by atoms with Gasteiger partial charge in [-0.25, -0.2) is 0 Å². The highest BCUT2D eigenvalue weighted by Crippen LogP contribution is 2.28. The highest BCUT2D eigenvalue weighted by atomic mass is 32.3. The zero-order chi connectivity index (χ0) is 13.6. The monoisotopic (exact) mass is 284 g/mol. The Kier molecular flexibility index (Phi) is 2.56. The van der Waals surface area contributed by atoms with Crippen molar-refractivity contribution in [1.82, 2.24) is 4.98 Å². The van der Waals surface area contributed by atoms with Gasteiger partial charge in [-0.1, -0.05) is 12.1 Å². The molecule has 1 fully saturated rings. The van der Waals surface area contributed by atoms with Gasteiger partial charge in [-0.2, -0.15) is 13.4 Å². The van der Waals surface area contributed by atoms with Gasteiger partial charge < -0.3 is 4.42 Å². The SMILES string of the molecule is O=C1CC(S(=O)(=O)F)CN1c1nc2ccccc2o1. The van der Waals surface area contributed by atoms with E-state index in [0.29, 0.717) is 11.1 Å². The van der Waals surface area contributed by atoms with E-state index in [1.165, 1.54) is 0 Å². The van der Waals surface area contributed by atoms with Crippen LogP contribution in [0.4, 0.5) is 9.90 Å². The fourth-order valence-corrected chi connectivity index (χ4v) is 2.69. The Morgan fingerprint density at radius 3 is 2.74 bits per heavy atom. The number of amides is 1. The highest BCUT2D eigenvalue weighted by Gasteiger charge is 2.40. The summed E-state index contributed by atoms with van der Waals surface area (Å²) in [6.07, 6.45) is -0.391. The number of benzene rings is 1. The molecule has 0 bridgehead atoms. The Balaban J connectivity index is 1.96. The number of fused-ring (bicyclic) bond motifs is 1. The van der Waals surface area contributed by atoms with Crippen LogP contribution in [0.5, 0.6) is 0 Å². The molecule has 100 valence electrons. The number of hydrogen-bond acceptors (Lipinski definition) is 5. The van der Waals surface area contributed by atoms with Crippen LogP contribution in [0, 0.1) is 0 Å². The van der Waals surface area contributed by atoms with Gasteiger partial charge in [-0.15, -0.1) is 3.89 Å². The van der Waals surface area contributed by atoms with Gasteiger partial charge in [-0.05, 0) is 12.1 Å². The summed E-state index contributed by atoms with van der Waals surface area (Å²) in [6, 6.07) is 6.88. The van der Waals surface area contributed by atoms with Crippen LogP contribution in [0.15, 0.2) is 28.7 Å². The minimum Gasteiger partial charge on any atom is -0.423 e. The normalized spacial score (nSPS) is 20.4. The average molecular weight is 284 g/mol. The van der Waals surface area contributed by atoms with Crippen LogP contribution in [0.1, 0.15) is 6.42 Å². The van der Waals surface area contributed by atoms with Crippen molar-refractivity contribution in [3.05, 3.63) is 24.3 Å². The maximum atomic E-state index is 12.9. The van der Waals surface area contributed by atoms with Crippen LogP contribution in [-0.4, -0.2) is 31.1 Å². The maximum absolute atomic E-state index is 12.9. The van der Waals surface area contributed by atoms with E-state index >= 15 is 0 Å². The number of para-hydroxylation sites is 2. The van der Waals surface area contributed by atoms with Crippen molar-refractivity contribution in [3.63, 3.8) is 0 Å². The van der Waals surface area contributed by atoms with Gasteiger partial charge >= 0.3 is 16.2 Å². The standard InChI is InChI=1S/C11H9FN2O4S/c12-19(16,17)7-5-10(15)14(6-7)11-13-8-3-1-2-4-9(8)18-11/h1-4,7H,5-6H2. The maximum Gasteiger partial charge on any atom is 0.307 e. The predicted octanol–water partition coefficient (Wildman–Crippen LogP) is 1.23. The van der Waals surface area contributed by atoms with Gasteiger partial charge in [0.15, 0.2) is 5.58 Å². The Bertz CT molecular complexity index is 722. The van der Waals surface area contributed by atoms with E-state index in [9.17, 15) is 17.1 Å². The highest BCUT2D eigenvalue weighted by molar-refractivity contribution is 7.87. The van der Waals surface area contributed by atoms with E-state index in [1.54, 1.807) is 24.3 Å². The minimum absolute atomic E-state index is 0.00245. The van der Waals surface area contributed by atoms with Crippen LogP contribution in [0.3, 0.4) is 0 Å². The van der Waals surface area contributed by atoms with E-state index < -0.39 is 27.8 Å². The molecular weight excluding hydrogens is 275 g/mol. The molecule has 0 N–H and O–H groups in total. The Labute approximate surface area is 108 Å². The number of carbonyl (C=O) groups is 1. The summed E-state index contributed by atoms with van der Waals surface area (Å²) in [4.78, 5) is 16.8. The predicted molar refractivity (Wildman–Crippen MR) is 64.8 cm³/mol. The number of anilines is 1. The molecule has 1 amide bonds. The molecule has 8 heteroatoms. The summed E-state index contributed by atoms with van der Waals surface area (Å²) < 4.78 is 39.9. The summed E-state index contributed by atoms with van der Waals surface area (Å²) in [6.45, 7) is -0.273. The molecule has 0 saturated carbocycles. The summed E-state index contributed by atoms with van der Waals surface area (Å²) in [5.41, 5.74) is 1.04. The van der Waals surface area contributed by atoms with Crippen molar-refractivity contribution in [1.29, 1.82) is 0 Å². The zero-order valence-corrected chi connectivity index (χ0v) is 10.4. The quantitative estimate of drug-likeness (QED) is 0.775. The van der Waals surface area contributed by atoms with E-state index in [4.69, 9.17) is 4.42 Å². The Hall–Kier alpha value is -1.96. The zero-order valence-electron chi connectivity index (χ0n) is 9.61. The lowest BCUT2D eigenvalue weighted by Crippen LogP contribution is -2.27. The summed E-state index contributed by atoms with van der Waals surface area (Å²) in [5, 5.41) is -1.35. The molecule has 19 heavy (non-hydrogen) atoms. The third-order valence-electron chi connectivity index (χ3n) is 3.00. The van der Waals surface area contributed by atoms with Crippen LogP contribution in [-0.2, 0) is 15.0 Å². The molecule has 1 atom stereocenters. The Morgan fingerprint density at radius 2 is 2.11 bits per heavy atom. The van der Waals surface area contributed by atoms with Gasteiger partial charge in [0.25, 0.3) is 0 Å². The van der Waals surface area contributed by atoms with E-state index in [0.717, 1.165) is 4.90 Å². The molecule has 1 aromatic heterocycles. The third kappa shape index (κ3) is 2.07. The lowest BCUT2D eigenvalue weighted by Gasteiger charge is -2.09. The largest absolute Gasteiger partial charge is 0.423 e. The van der Waals surface area contributed by atoms with Crippen LogP contribution in [0.25, 0.3) is 11.1 Å². The van der Waals surface area contributed by atoms with Gasteiger partial charge in [0, 0.05) is 6.42 Å². The summed E-state index contributed by atoms with van der Waals surface area (Å²) in [7, 11) is -4.74. The molecule has 1 aliphatic heterocycles. The number of hydrogen-bond donors (Lipinski definition) is 0. The van der Waals surface area contributed by atoms with E-state index in [2.05, 4.69) is 4.98 Å². The topological polar surface area (TPSA) is 80.5 Å². The first kappa shape index (κ1) is 12.1. The number of oxazole rings is 1. The second kappa shape index (κ2) is 4.02. The first-order valence-electron chi connectivity index (χ1n) is 5.54. The van der Waals surface area contributed by atoms with E-state index in [1.807, 2.05) is 0 Å². The third-order valence-corrected chi connectivity index (χ3v) is 4.11. The molecule has 1 unspecified atom stereocenters. The van der Waals surface area contributed by atoms with Gasteiger partial charge in [-0.3, -0.25) is 9.69 Å². The van der Waals surface area contributed by atoms with Crippen molar-refractivity contribution >= 4 is 33.2 Å². The van der Waals surface area contributed by atoms with Crippen molar-refractivity contribution < 1.29 is 21.5 Å². The first-order valence-corrected chi connectivity index (χ1v) is 6.99. The van der Waals surface area contributed by atoms with Crippen molar-refractivity contribution in [2.45, 2.75) is 11.7 Å². The number of aromatic nitrogens is 1. The average Bonchev–Trinajstić information content (AvgIpc) is 2.90. The molecule has 2 heterocycles. The number of halogens is 1. The molecule has 0 spiro atoms. The molecule has 6 nitrogen and oxygen atoms in total. The molecule has 1 aliphatic rings. The number of rotatable bonds is 2. The minimum atomic E-state index is -4.74. The van der Waals surface area contributed by atoms with E-state index in [-0.39, 0.29) is 12.6 Å². The molecular formula is C11H9FN2O4S. The molecule has 1 saturated heterocycles. The number of nitrogens with zero attached hydrogens (tertiary/aromatic N) is 2.